The molecule has 0 aliphatic rings. The maximum absolute atomic E-state index is 13.1. The zero-order chi connectivity index (χ0) is 22.3. The van der Waals surface area contributed by atoms with E-state index in [4.69, 9.17) is 27.9 Å². The molecule has 0 bridgehead atoms. The first-order valence-electron chi connectivity index (χ1n) is 9.66. The van der Waals surface area contributed by atoms with Crippen LogP contribution in [-0.2, 0) is 22.6 Å². The fourth-order valence-electron chi connectivity index (χ4n) is 3.02. The Morgan fingerprint density at radius 1 is 1.10 bits per heavy atom. The zero-order valence-corrected chi connectivity index (χ0v) is 20.3. The normalized spacial score (nSPS) is 11.7. The van der Waals surface area contributed by atoms with Crippen molar-refractivity contribution in [1.29, 1.82) is 0 Å². The van der Waals surface area contributed by atoms with Crippen LogP contribution in [0.3, 0.4) is 0 Å². The quantitative estimate of drug-likeness (QED) is 0.496. The lowest BCUT2D eigenvalue weighted by Crippen LogP contribution is -2.49. The van der Waals surface area contributed by atoms with E-state index in [1.807, 2.05) is 25.1 Å². The Hall–Kier alpha value is -1.76. The number of carbonyl (C=O) groups is 2. The monoisotopic (exact) mass is 514 g/mol. The summed E-state index contributed by atoms with van der Waals surface area (Å²) in [6, 6.07) is 10.3. The molecular formula is C22H25BrCl2N2O3. The number of hydrogen-bond acceptors (Lipinski definition) is 3. The number of benzene rings is 2. The summed E-state index contributed by atoms with van der Waals surface area (Å²) in [5, 5.41) is 3.45. The van der Waals surface area contributed by atoms with Crippen LogP contribution in [0.15, 0.2) is 40.9 Å². The van der Waals surface area contributed by atoms with Crippen LogP contribution in [0.5, 0.6) is 5.75 Å². The number of amides is 2. The Balaban J connectivity index is 2.22. The van der Waals surface area contributed by atoms with Gasteiger partial charge < -0.3 is 15.0 Å². The lowest BCUT2D eigenvalue weighted by molar-refractivity contribution is -0.142. The topological polar surface area (TPSA) is 58.6 Å². The van der Waals surface area contributed by atoms with Gasteiger partial charge in [0.25, 0.3) is 5.91 Å². The molecule has 0 aliphatic carbocycles. The average Bonchev–Trinajstić information content (AvgIpc) is 2.74. The maximum atomic E-state index is 13.1. The van der Waals surface area contributed by atoms with Crippen LogP contribution in [0.2, 0.25) is 10.0 Å². The molecule has 162 valence electrons. The predicted octanol–water partition coefficient (Wildman–Crippen LogP) is 5.25. The van der Waals surface area contributed by atoms with E-state index in [9.17, 15) is 9.59 Å². The Bertz CT molecular complexity index is 908. The van der Waals surface area contributed by atoms with E-state index >= 15 is 0 Å². The molecule has 1 N–H and O–H groups in total. The molecule has 1 unspecified atom stereocenters. The van der Waals surface area contributed by atoms with E-state index < -0.39 is 6.04 Å². The van der Waals surface area contributed by atoms with Crippen molar-refractivity contribution >= 4 is 50.9 Å². The largest absolute Gasteiger partial charge is 0.483 e. The van der Waals surface area contributed by atoms with E-state index in [1.54, 1.807) is 25.2 Å². The summed E-state index contributed by atoms with van der Waals surface area (Å²) >= 11 is 15.6. The molecule has 0 radical (unpaired) electrons. The molecule has 5 nitrogen and oxygen atoms in total. The average molecular weight is 516 g/mol. The van der Waals surface area contributed by atoms with Gasteiger partial charge in [-0.3, -0.25) is 9.59 Å². The molecule has 8 heteroatoms. The van der Waals surface area contributed by atoms with Crippen molar-refractivity contribution in [1.82, 2.24) is 10.2 Å². The van der Waals surface area contributed by atoms with Gasteiger partial charge in [-0.2, -0.15) is 0 Å². The third kappa shape index (κ3) is 6.37. The zero-order valence-electron chi connectivity index (χ0n) is 17.2. The van der Waals surface area contributed by atoms with E-state index in [0.29, 0.717) is 22.2 Å². The first-order valence-corrected chi connectivity index (χ1v) is 11.2. The smallest absolute Gasteiger partial charge is 0.261 e. The molecule has 30 heavy (non-hydrogen) atoms. The van der Waals surface area contributed by atoms with Crippen molar-refractivity contribution in [2.45, 2.75) is 39.3 Å². The van der Waals surface area contributed by atoms with Crippen LogP contribution in [0, 0.1) is 0 Å². The summed E-state index contributed by atoms with van der Waals surface area (Å²) < 4.78 is 6.53. The molecule has 2 amide bonds. The number of carbonyl (C=O) groups excluding carboxylic acids is 2. The standard InChI is InChI=1S/C22H25BrCl2N2O3/c1-4-14-7-9-20(16(23)10-14)30-13-21(28)27(19(5-2)22(29)26-3)12-15-6-8-17(24)18(25)11-15/h6-11,19H,4-5,12-13H2,1-3H3,(H,26,29). The van der Waals surface area contributed by atoms with Gasteiger partial charge in [-0.25, -0.2) is 0 Å². The van der Waals surface area contributed by atoms with Gasteiger partial charge in [0.05, 0.1) is 14.5 Å². The molecule has 0 fully saturated rings. The summed E-state index contributed by atoms with van der Waals surface area (Å²) in [6.07, 6.45) is 1.36. The van der Waals surface area contributed by atoms with Gasteiger partial charge in [0.15, 0.2) is 6.61 Å². The first kappa shape index (κ1) is 24.5. The second-order valence-electron chi connectivity index (χ2n) is 6.72. The molecule has 0 aromatic heterocycles. The fraction of sp³-hybridized carbons (Fsp3) is 0.364. The molecule has 0 aliphatic heterocycles. The summed E-state index contributed by atoms with van der Waals surface area (Å²) in [4.78, 5) is 27.0. The molecule has 2 aromatic rings. The van der Waals surface area contributed by atoms with E-state index in [1.165, 1.54) is 4.90 Å². The van der Waals surface area contributed by atoms with Gasteiger partial charge in [0.1, 0.15) is 11.8 Å². The highest BCUT2D eigenvalue weighted by atomic mass is 79.9. The molecule has 1 atom stereocenters. The van der Waals surface area contributed by atoms with Crippen molar-refractivity contribution < 1.29 is 14.3 Å². The number of rotatable bonds is 9. The fourth-order valence-corrected chi connectivity index (χ4v) is 3.89. The highest BCUT2D eigenvalue weighted by Gasteiger charge is 2.28. The summed E-state index contributed by atoms with van der Waals surface area (Å²) in [5.41, 5.74) is 1.93. The SMILES string of the molecule is CCc1ccc(OCC(=O)N(Cc2ccc(Cl)c(Cl)c2)C(CC)C(=O)NC)c(Br)c1. The van der Waals surface area contributed by atoms with Crippen LogP contribution < -0.4 is 10.1 Å². The summed E-state index contributed by atoms with van der Waals surface area (Å²) in [5.74, 6) is 0.0328. The number of likely N-dealkylation sites (N-methyl/N-ethyl adjacent to an activating group) is 1. The lowest BCUT2D eigenvalue weighted by atomic mass is 10.1. The number of ether oxygens (including phenoxy) is 1. The van der Waals surface area contributed by atoms with E-state index in [0.717, 1.165) is 22.0 Å². The van der Waals surface area contributed by atoms with Crippen molar-refractivity contribution in [3.05, 3.63) is 62.0 Å². The minimum absolute atomic E-state index is 0.196. The summed E-state index contributed by atoms with van der Waals surface area (Å²) in [7, 11) is 1.55. The number of hydrogen-bond donors (Lipinski definition) is 1. The van der Waals surface area contributed by atoms with Gasteiger partial charge in [0.2, 0.25) is 5.91 Å². The third-order valence-corrected chi connectivity index (χ3v) is 6.08. The van der Waals surface area contributed by atoms with Gasteiger partial charge in [0, 0.05) is 13.6 Å². The molecule has 2 rings (SSSR count). The van der Waals surface area contributed by atoms with Gasteiger partial charge >= 0.3 is 0 Å². The Kier molecular flexibility index (Phi) is 9.46. The van der Waals surface area contributed by atoms with Crippen molar-refractivity contribution in [3.8, 4) is 5.75 Å². The molecule has 2 aromatic carbocycles. The van der Waals surface area contributed by atoms with Crippen LogP contribution >= 0.6 is 39.1 Å². The van der Waals surface area contributed by atoms with Crippen molar-refractivity contribution in [2.75, 3.05) is 13.7 Å². The molecule has 0 heterocycles. The van der Waals surface area contributed by atoms with Gasteiger partial charge in [-0.15, -0.1) is 0 Å². The van der Waals surface area contributed by atoms with Crippen LogP contribution in [0.25, 0.3) is 0 Å². The van der Waals surface area contributed by atoms with Crippen LogP contribution in [0.1, 0.15) is 31.4 Å². The van der Waals surface area contributed by atoms with Crippen molar-refractivity contribution in [3.63, 3.8) is 0 Å². The third-order valence-electron chi connectivity index (χ3n) is 4.72. The first-order chi connectivity index (χ1) is 14.3. The lowest BCUT2D eigenvalue weighted by Gasteiger charge is -2.30. The molecule has 0 saturated carbocycles. The Morgan fingerprint density at radius 3 is 2.37 bits per heavy atom. The number of nitrogens with one attached hydrogen (secondary N) is 1. The molecular weight excluding hydrogens is 491 g/mol. The second-order valence-corrected chi connectivity index (χ2v) is 8.38. The summed E-state index contributed by atoms with van der Waals surface area (Å²) in [6.45, 7) is 3.94. The number of nitrogens with zero attached hydrogens (tertiary/aromatic N) is 1. The Morgan fingerprint density at radius 2 is 1.80 bits per heavy atom. The molecule has 0 saturated heterocycles. The Labute approximate surface area is 195 Å². The van der Waals surface area contributed by atoms with Crippen LogP contribution in [0.4, 0.5) is 0 Å². The highest BCUT2D eigenvalue weighted by Crippen LogP contribution is 2.27. The second kappa shape index (κ2) is 11.6. The predicted molar refractivity (Wildman–Crippen MR) is 124 cm³/mol. The highest BCUT2D eigenvalue weighted by molar-refractivity contribution is 9.10. The van der Waals surface area contributed by atoms with E-state index in [-0.39, 0.29) is 25.0 Å². The minimum atomic E-state index is -0.633. The van der Waals surface area contributed by atoms with Crippen LogP contribution in [-0.4, -0.2) is 36.4 Å². The number of halogens is 3. The maximum Gasteiger partial charge on any atom is 0.261 e. The van der Waals surface area contributed by atoms with E-state index in [2.05, 4.69) is 28.2 Å². The van der Waals surface area contributed by atoms with Crippen molar-refractivity contribution in [2.24, 2.45) is 0 Å². The number of aryl methyl sites for hydroxylation is 1. The van der Waals surface area contributed by atoms with Gasteiger partial charge in [-0.05, 0) is 64.2 Å². The van der Waals surface area contributed by atoms with Gasteiger partial charge in [-0.1, -0.05) is 49.2 Å². The minimum Gasteiger partial charge on any atom is -0.483 e. The molecule has 0 spiro atoms.